The molecule has 0 aromatic heterocycles. The molecule has 7 atom stereocenters. The van der Waals surface area contributed by atoms with Crippen molar-refractivity contribution in [1.29, 1.82) is 0 Å². The van der Waals surface area contributed by atoms with Crippen LogP contribution in [0.1, 0.15) is 105 Å². The summed E-state index contributed by atoms with van der Waals surface area (Å²) in [5, 5.41) is 0. The molecule has 30 heavy (non-hydrogen) atoms. The third kappa shape index (κ3) is 3.58. The van der Waals surface area contributed by atoms with Crippen molar-refractivity contribution in [3.05, 3.63) is 11.6 Å². The standard InChI is InChI=1S/C27H42O3/c1-5-6-7-8-9-25(29)30-24-13-12-22-21-11-10-19-17-20(28)16-18(2)27(19,4)23(21)14-15-26(22,24)3/h16,19,21-24H,5-15,17H2,1-4H3/t19-,21-,22-,23-,24-,26-,27-/m0/s1. The Balaban J connectivity index is 1.46. The lowest BCUT2D eigenvalue weighted by Gasteiger charge is -2.60. The van der Waals surface area contributed by atoms with Crippen LogP contribution in [0.5, 0.6) is 0 Å². The maximum Gasteiger partial charge on any atom is 0.306 e. The Bertz CT molecular complexity index is 709. The number of esters is 1. The van der Waals surface area contributed by atoms with Gasteiger partial charge in [0.1, 0.15) is 6.10 Å². The lowest BCUT2D eigenvalue weighted by atomic mass is 9.45. The summed E-state index contributed by atoms with van der Waals surface area (Å²) in [6.07, 6.45) is 15.0. The van der Waals surface area contributed by atoms with E-state index in [0.717, 1.165) is 38.0 Å². The molecule has 168 valence electrons. The highest BCUT2D eigenvalue weighted by atomic mass is 16.5. The van der Waals surface area contributed by atoms with Crippen molar-refractivity contribution in [1.82, 2.24) is 0 Å². The lowest BCUT2D eigenvalue weighted by molar-refractivity contribution is -0.161. The molecule has 4 aliphatic carbocycles. The Hall–Kier alpha value is -1.12. The highest BCUT2D eigenvalue weighted by molar-refractivity contribution is 5.91. The second-order valence-corrected chi connectivity index (χ2v) is 11.3. The van der Waals surface area contributed by atoms with Crippen LogP contribution in [0.2, 0.25) is 0 Å². The molecule has 0 unspecified atom stereocenters. The Morgan fingerprint density at radius 1 is 1.07 bits per heavy atom. The zero-order chi connectivity index (χ0) is 21.5. The van der Waals surface area contributed by atoms with Crippen LogP contribution < -0.4 is 0 Å². The molecule has 4 rings (SSSR count). The van der Waals surface area contributed by atoms with Crippen molar-refractivity contribution < 1.29 is 14.3 Å². The largest absolute Gasteiger partial charge is 0.462 e. The monoisotopic (exact) mass is 414 g/mol. The molecule has 0 aliphatic heterocycles. The van der Waals surface area contributed by atoms with Gasteiger partial charge in [-0.3, -0.25) is 9.59 Å². The smallest absolute Gasteiger partial charge is 0.306 e. The second-order valence-electron chi connectivity index (χ2n) is 11.3. The van der Waals surface area contributed by atoms with E-state index in [0.29, 0.717) is 30.0 Å². The van der Waals surface area contributed by atoms with E-state index in [1.165, 1.54) is 44.1 Å². The summed E-state index contributed by atoms with van der Waals surface area (Å²) in [5.74, 6) is 2.95. The molecule has 0 aromatic carbocycles. The van der Waals surface area contributed by atoms with Gasteiger partial charge in [0, 0.05) is 18.3 Å². The summed E-state index contributed by atoms with van der Waals surface area (Å²) < 4.78 is 6.12. The van der Waals surface area contributed by atoms with Crippen LogP contribution in [0.4, 0.5) is 0 Å². The molecule has 0 N–H and O–H groups in total. The Labute approximate surface area is 183 Å². The molecule has 0 heterocycles. The summed E-state index contributed by atoms with van der Waals surface area (Å²) in [6, 6.07) is 0. The second kappa shape index (κ2) is 8.43. The van der Waals surface area contributed by atoms with Crippen molar-refractivity contribution >= 4 is 11.8 Å². The average molecular weight is 415 g/mol. The summed E-state index contributed by atoms with van der Waals surface area (Å²) in [6.45, 7) is 9.28. The zero-order valence-electron chi connectivity index (χ0n) is 19.7. The van der Waals surface area contributed by atoms with Crippen LogP contribution in [0.15, 0.2) is 11.6 Å². The van der Waals surface area contributed by atoms with Gasteiger partial charge in [-0.2, -0.15) is 0 Å². The maximum atomic E-state index is 12.5. The number of unbranched alkanes of at least 4 members (excludes halogenated alkanes) is 3. The fourth-order valence-corrected chi connectivity index (χ4v) is 8.12. The van der Waals surface area contributed by atoms with Gasteiger partial charge in [0.25, 0.3) is 0 Å². The number of fused-ring (bicyclic) bond motifs is 5. The van der Waals surface area contributed by atoms with Gasteiger partial charge >= 0.3 is 5.97 Å². The molecule has 3 nitrogen and oxygen atoms in total. The van der Waals surface area contributed by atoms with Crippen molar-refractivity contribution in [3.63, 3.8) is 0 Å². The van der Waals surface area contributed by atoms with Gasteiger partial charge in [-0.1, -0.05) is 45.6 Å². The summed E-state index contributed by atoms with van der Waals surface area (Å²) in [5.41, 5.74) is 1.66. The van der Waals surface area contributed by atoms with Gasteiger partial charge in [0.05, 0.1) is 0 Å². The fraction of sp³-hybridized carbons (Fsp3) is 0.852. The molecule has 3 fully saturated rings. The molecular formula is C27H42O3. The first-order valence-electron chi connectivity index (χ1n) is 12.7. The number of carbonyl (C=O) groups is 2. The quantitative estimate of drug-likeness (QED) is 0.361. The molecule has 0 spiro atoms. The van der Waals surface area contributed by atoms with Crippen molar-refractivity contribution in [2.45, 2.75) is 111 Å². The van der Waals surface area contributed by atoms with Crippen molar-refractivity contribution in [2.24, 2.45) is 34.5 Å². The minimum atomic E-state index is 0.0281. The third-order valence-corrected chi connectivity index (χ3v) is 10.00. The number of ketones is 1. The van der Waals surface area contributed by atoms with E-state index in [1.54, 1.807) is 0 Å². The molecule has 0 saturated heterocycles. The van der Waals surface area contributed by atoms with Crippen LogP contribution >= 0.6 is 0 Å². The summed E-state index contributed by atoms with van der Waals surface area (Å²) >= 11 is 0. The Morgan fingerprint density at radius 2 is 1.87 bits per heavy atom. The van der Waals surface area contributed by atoms with Crippen LogP contribution in [0, 0.1) is 34.5 Å². The number of hydrogen-bond donors (Lipinski definition) is 0. The van der Waals surface area contributed by atoms with Gasteiger partial charge in [0.15, 0.2) is 5.78 Å². The normalized spacial score (nSPS) is 42.7. The first kappa shape index (κ1) is 22.1. The Morgan fingerprint density at radius 3 is 2.63 bits per heavy atom. The van der Waals surface area contributed by atoms with Crippen LogP contribution in [0.25, 0.3) is 0 Å². The molecule has 0 radical (unpaired) electrons. The van der Waals surface area contributed by atoms with Crippen LogP contribution in [-0.2, 0) is 14.3 Å². The van der Waals surface area contributed by atoms with Gasteiger partial charge in [0.2, 0.25) is 0 Å². The minimum Gasteiger partial charge on any atom is -0.462 e. The first-order valence-corrected chi connectivity index (χ1v) is 12.7. The summed E-state index contributed by atoms with van der Waals surface area (Å²) in [4.78, 5) is 24.7. The van der Waals surface area contributed by atoms with E-state index in [4.69, 9.17) is 4.74 Å². The topological polar surface area (TPSA) is 43.4 Å². The average Bonchev–Trinajstić information content (AvgIpc) is 3.03. The zero-order valence-corrected chi connectivity index (χ0v) is 19.7. The number of carbonyl (C=O) groups excluding carboxylic acids is 2. The predicted octanol–water partition coefficient (Wildman–Crippen LogP) is 6.65. The fourth-order valence-electron chi connectivity index (χ4n) is 8.12. The van der Waals surface area contributed by atoms with E-state index in [1.807, 2.05) is 6.08 Å². The van der Waals surface area contributed by atoms with Gasteiger partial charge in [-0.15, -0.1) is 0 Å². The highest BCUT2D eigenvalue weighted by Crippen LogP contribution is 2.66. The van der Waals surface area contributed by atoms with E-state index in [2.05, 4.69) is 27.7 Å². The van der Waals surface area contributed by atoms with Crippen molar-refractivity contribution in [2.75, 3.05) is 0 Å². The number of allylic oxidation sites excluding steroid dienone is 2. The third-order valence-electron chi connectivity index (χ3n) is 10.00. The molecule has 4 aliphatic rings. The summed E-state index contributed by atoms with van der Waals surface area (Å²) in [7, 11) is 0. The Kier molecular flexibility index (Phi) is 6.21. The van der Waals surface area contributed by atoms with Crippen molar-refractivity contribution in [3.8, 4) is 0 Å². The van der Waals surface area contributed by atoms with Gasteiger partial charge in [-0.05, 0) is 87.0 Å². The SMILES string of the molecule is CCCCCCC(=O)O[C@H]1CC[C@H]2[C@@H]3CC[C@H]4CC(=O)C=C(C)[C@]4(C)[C@H]3CC[C@]12C. The molecule has 0 aromatic rings. The molecule has 0 amide bonds. The van der Waals surface area contributed by atoms with Gasteiger partial charge < -0.3 is 4.74 Å². The molecule has 3 saturated carbocycles. The van der Waals surface area contributed by atoms with Crippen LogP contribution in [0.3, 0.4) is 0 Å². The lowest BCUT2D eigenvalue weighted by Crippen LogP contribution is -2.54. The van der Waals surface area contributed by atoms with E-state index >= 15 is 0 Å². The van der Waals surface area contributed by atoms with Crippen LogP contribution in [-0.4, -0.2) is 17.9 Å². The van der Waals surface area contributed by atoms with E-state index < -0.39 is 0 Å². The first-order chi connectivity index (χ1) is 14.3. The number of ether oxygens (including phenoxy) is 1. The highest BCUT2D eigenvalue weighted by Gasteiger charge is 2.61. The molecule has 3 heteroatoms. The number of rotatable bonds is 6. The molecule has 0 bridgehead atoms. The number of hydrogen-bond acceptors (Lipinski definition) is 3. The maximum absolute atomic E-state index is 12.5. The molecular weight excluding hydrogens is 372 g/mol. The predicted molar refractivity (Wildman–Crippen MR) is 120 cm³/mol. The van der Waals surface area contributed by atoms with Gasteiger partial charge in [-0.25, -0.2) is 0 Å². The van der Waals surface area contributed by atoms with E-state index in [9.17, 15) is 9.59 Å². The van der Waals surface area contributed by atoms with E-state index in [-0.39, 0.29) is 22.9 Å². The minimum absolute atomic E-state index is 0.0281.